The largest absolute Gasteiger partial charge is 0.328 e. The van der Waals surface area contributed by atoms with E-state index in [1.807, 2.05) is 0 Å². The fraction of sp³-hybridized carbons (Fsp3) is 0.190. The van der Waals surface area contributed by atoms with Crippen LogP contribution in [0, 0.1) is 11.6 Å². The Labute approximate surface area is 175 Å². The smallest absolute Gasteiger partial charge is 0.322 e. The van der Waals surface area contributed by atoms with Crippen LogP contribution >= 0.6 is 11.8 Å². The quantitative estimate of drug-likeness (QED) is 0.791. The Kier molecular flexibility index (Phi) is 5.54. The Morgan fingerprint density at radius 2 is 1.80 bits per heavy atom. The number of fused-ring (bicyclic) bond motifs is 1. The number of amides is 4. The van der Waals surface area contributed by atoms with E-state index in [9.17, 15) is 23.2 Å². The van der Waals surface area contributed by atoms with E-state index < -0.39 is 34.9 Å². The third kappa shape index (κ3) is 3.93. The summed E-state index contributed by atoms with van der Waals surface area (Å²) in [5.41, 5.74) is 0.599. The standard InChI is InChI=1S/C21H17F2N3O3S/c22-14-7-5-13(6-8-14)11-26-20(28)19-17(9-10-30-19)25(21(26)29)12-18(27)24-16-4-2-1-3-15(16)23/h1-10,17,19H,11-12H2,(H,24,27). The molecule has 0 saturated carbocycles. The first kappa shape index (κ1) is 20.1. The summed E-state index contributed by atoms with van der Waals surface area (Å²) in [7, 11) is 0. The summed E-state index contributed by atoms with van der Waals surface area (Å²) in [5.74, 6) is -1.95. The number of nitrogens with one attached hydrogen (secondary N) is 1. The molecular weight excluding hydrogens is 412 g/mol. The molecule has 2 atom stereocenters. The summed E-state index contributed by atoms with van der Waals surface area (Å²) in [6.45, 7) is -0.375. The lowest BCUT2D eigenvalue weighted by atomic mass is 10.1. The van der Waals surface area contributed by atoms with Gasteiger partial charge in [0.05, 0.1) is 18.3 Å². The lowest BCUT2D eigenvalue weighted by Gasteiger charge is -2.40. The number of para-hydroxylation sites is 1. The zero-order chi connectivity index (χ0) is 21.3. The molecule has 30 heavy (non-hydrogen) atoms. The van der Waals surface area contributed by atoms with Gasteiger partial charge in [0.2, 0.25) is 11.8 Å². The van der Waals surface area contributed by atoms with Gasteiger partial charge < -0.3 is 10.2 Å². The second-order valence-corrected chi connectivity index (χ2v) is 7.92. The maximum Gasteiger partial charge on any atom is 0.328 e. The highest BCUT2D eigenvalue weighted by Gasteiger charge is 2.47. The Bertz CT molecular complexity index is 1030. The molecule has 0 bridgehead atoms. The van der Waals surface area contributed by atoms with Gasteiger partial charge in [-0.05, 0) is 35.2 Å². The third-order valence-corrected chi connectivity index (χ3v) is 5.96. The fourth-order valence-corrected chi connectivity index (χ4v) is 4.46. The number of rotatable bonds is 5. The Balaban J connectivity index is 1.53. The number of urea groups is 1. The van der Waals surface area contributed by atoms with Crippen molar-refractivity contribution in [1.29, 1.82) is 0 Å². The summed E-state index contributed by atoms with van der Waals surface area (Å²) in [5, 5.41) is 3.62. The van der Waals surface area contributed by atoms with Crippen molar-refractivity contribution in [2.24, 2.45) is 0 Å². The van der Waals surface area contributed by atoms with Gasteiger partial charge in [0.25, 0.3) is 0 Å². The number of hydrogen-bond donors (Lipinski definition) is 1. The summed E-state index contributed by atoms with van der Waals surface area (Å²) in [6, 6.07) is 10.0. The first-order valence-electron chi connectivity index (χ1n) is 9.17. The molecule has 2 aromatic carbocycles. The van der Waals surface area contributed by atoms with Crippen LogP contribution in [0.25, 0.3) is 0 Å². The summed E-state index contributed by atoms with van der Waals surface area (Å²) in [4.78, 5) is 40.8. The van der Waals surface area contributed by atoms with E-state index in [4.69, 9.17) is 0 Å². The minimum atomic E-state index is -0.624. The molecule has 0 spiro atoms. The third-order valence-electron chi connectivity index (χ3n) is 4.87. The van der Waals surface area contributed by atoms with Crippen molar-refractivity contribution in [2.75, 3.05) is 11.9 Å². The molecule has 2 aliphatic heterocycles. The zero-order valence-electron chi connectivity index (χ0n) is 15.6. The van der Waals surface area contributed by atoms with Crippen LogP contribution < -0.4 is 5.32 Å². The van der Waals surface area contributed by atoms with E-state index in [2.05, 4.69) is 5.32 Å². The predicted octanol–water partition coefficient (Wildman–Crippen LogP) is 3.37. The van der Waals surface area contributed by atoms with Crippen LogP contribution in [0.15, 0.2) is 60.0 Å². The van der Waals surface area contributed by atoms with Gasteiger partial charge in [0.15, 0.2) is 0 Å². The summed E-state index contributed by atoms with van der Waals surface area (Å²) >= 11 is 1.27. The van der Waals surface area contributed by atoms with E-state index >= 15 is 0 Å². The number of imide groups is 1. The van der Waals surface area contributed by atoms with E-state index in [1.54, 1.807) is 17.6 Å². The van der Waals surface area contributed by atoms with Gasteiger partial charge in [-0.15, -0.1) is 11.8 Å². The van der Waals surface area contributed by atoms with E-state index in [-0.39, 0.29) is 24.7 Å². The minimum Gasteiger partial charge on any atom is -0.322 e. The molecule has 1 N–H and O–H groups in total. The molecule has 0 radical (unpaired) electrons. The Morgan fingerprint density at radius 1 is 1.07 bits per heavy atom. The Morgan fingerprint density at radius 3 is 2.53 bits per heavy atom. The normalized spacial score (nSPS) is 20.5. The first-order valence-corrected chi connectivity index (χ1v) is 10.1. The highest BCUT2D eigenvalue weighted by molar-refractivity contribution is 8.03. The Hall–Kier alpha value is -3.20. The number of carbonyl (C=O) groups is 3. The average molecular weight is 429 g/mol. The van der Waals surface area contributed by atoms with Crippen LogP contribution in [0.2, 0.25) is 0 Å². The maximum absolute atomic E-state index is 13.8. The zero-order valence-corrected chi connectivity index (χ0v) is 16.4. The molecule has 2 heterocycles. The number of halogens is 2. The highest BCUT2D eigenvalue weighted by atomic mass is 32.2. The topological polar surface area (TPSA) is 69.7 Å². The van der Waals surface area contributed by atoms with Crippen molar-refractivity contribution in [1.82, 2.24) is 9.80 Å². The highest BCUT2D eigenvalue weighted by Crippen LogP contribution is 2.35. The van der Waals surface area contributed by atoms with E-state index in [0.717, 1.165) is 4.90 Å². The molecule has 2 unspecified atom stereocenters. The monoisotopic (exact) mass is 429 g/mol. The lowest BCUT2D eigenvalue weighted by Crippen LogP contribution is -2.62. The first-order chi connectivity index (χ1) is 14.4. The number of carbonyl (C=O) groups excluding carboxylic acids is 3. The van der Waals surface area contributed by atoms with Gasteiger partial charge in [-0.3, -0.25) is 14.5 Å². The predicted molar refractivity (Wildman–Crippen MR) is 108 cm³/mol. The van der Waals surface area contributed by atoms with Gasteiger partial charge in [-0.1, -0.05) is 30.3 Å². The fourth-order valence-electron chi connectivity index (χ4n) is 3.39. The lowest BCUT2D eigenvalue weighted by molar-refractivity contribution is -0.132. The molecule has 1 saturated heterocycles. The van der Waals surface area contributed by atoms with Crippen molar-refractivity contribution >= 4 is 35.3 Å². The molecule has 4 amide bonds. The van der Waals surface area contributed by atoms with Crippen LogP contribution in [0.4, 0.5) is 19.3 Å². The van der Waals surface area contributed by atoms with Crippen molar-refractivity contribution < 1.29 is 23.2 Å². The molecule has 2 aromatic rings. The molecule has 6 nitrogen and oxygen atoms in total. The van der Waals surface area contributed by atoms with Crippen LogP contribution in [0.3, 0.4) is 0 Å². The molecule has 0 aliphatic carbocycles. The van der Waals surface area contributed by atoms with Gasteiger partial charge in [0.1, 0.15) is 23.4 Å². The summed E-state index contributed by atoms with van der Waals surface area (Å²) in [6.07, 6.45) is 1.71. The van der Waals surface area contributed by atoms with Gasteiger partial charge >= 0.3 is 6.03 Å². The minimum absolute atomic E-state index is 0.0130. The van der Waals surface area contributed by atoms with Crippen molar-refractivity contribution in [3.8, 4) is 0 Å². The second kappa shape index (κ2) is 8.27. The van der Waals surface area contributed by atoms with Crippen molar-refractivity contribution in [3.63, 3.8) is 0 Å². The van der Waals surface area contributed by atoms with Crippen LogP contribution in [-0.2, 0) is 16.1 Å². The number of thioether (sulfide) groups is 1. The number of nitrogens with zero attached hydrogens (tertiary/aromatic N) is 2. The van der Waals surface area contributed by atoms with Crippen LogP contribution in [0.5, 0.6) is 0 Å². The maximum atomic E-state index is 13.8. The SMILES string of the molecule is O=C(CN1C(=O)N(Cc2ccc(F)cc2)C(=O)C2SC=CC21)Nc1ccccc1F. The molecule has 1 fully saturated rings. The molecule has 0 aromatic heterocycles. The van der Waals surface area contributed by atoms with E-state index in [0.29, 0.717) is 5.56 Å². The van der Waals surface area contributed by atoms with Gasteiger partial charge in [0, 0.05) is 0 Å². The molecule has 4 rings (SSSR count). The molecule has 154 valence electrons. The van der Waals surface area contributed by atoms with Crippen molar-refractivity contribution in [2.45, 2.75) is 17.8 Å². The molecule has 2 aliphatic rings. The summed E-state index contributed by atoms with van der Waals surface area (Å²) < 4.78 is 27.0. The van der Waals surface area contributed by atoms with Crippen molar-refractivity contribution in [3.05, 3.63) is 77.2 Å². The molecule has 9 heteroatoms. The van der Waals surface area contributed by atoms with Crippen LogP contribution in [-0.4, -0.2) is 45.5 Å². The van der Waals surface area contributed by atoms with E-state index in [1.165, 1.54) is 59.1 Å². The number of anilines is 1. The number of hydrogen-bond acceptors (Lipinski definition) is 4. The second-order valence-electron chi connectivity index (χ2n) is 6.87. The molecular formula is C21H17F2N3O3S. The van der Waals surface area contributed by atoms with Gasteiger partial charge in [-0.25, -0.2) is 13.6 Å². The average Bonchev–Trinajstić information content (AvgIpc) is 3.22. The number of benzene rings is 2. The van der Waals surface area contributed by atoms with Gasteiger partial charge in [-0.2, -0.15) is 0 Å². The van der Waals surface area contributed by atoms with Crippen LogP contribution in [0.1, 0.15) is 5.56 Å².